The zero-order chi connectivity index (χ0) is 30.7. The molecule has 0 bridgehead atoms. The third-order valence-electron chi connectivity index (χ3n) is 8.98. The highest BCUT2D eigenvalue weighted by molar-refractivity contribution is 6.11. The molecule has 2 heterocycles. The van der Waals surface area contributed by atoms with Crippen LogP contribution < -0.4 is 4.57 Å². The van der Waals surface area contributed by atoms with Gasteiger partial charge in [-0.05, 0) is 65.8 Å². The van der Waals surface area contributed by atoms with Gasteiger partial charge in [-0.2, -0.15) is 9.83 Å². The van der Waals surface area contributed by atoms with Crippen LogP contribution >= 0.6 is 0 Å². The van der Waals surface area contributed by atoms with Crippen molar-refractivity contribution in [2.75, 3.05) is 0 Å². The molecule has 0 radical (unpaired) electrons. The van der Waals surface area contributed by atoms with Crippen LogP contribution in [-0.2, 0) is 7.05 Å². The average Bonchev–Trinajstić information content (AvgIpc) is 3.55. The molecule has 0 aliphatic carbocycles. The molecule has 0 aliphatic heterocycles. The Morgan fingerprint density at radius 1 is 0.727 bits per heavy atom. The van der Waals surface area contributed by atoms with Gasteiger partial charge in [0, 0.05) is 21.9 Å². The van der Waals surface area contributed by atoms with Gasteiger partial charge < -0.3 is 4.42 Å². The van der Waals surface area contributed by atoms with Gasteiger partial charge >= 0.3 is 0 Å². The number of rotatable bonds is 5. The molecule has 7 rings (SSSR count). The molecule has 0 saturated heterocycles. The highest BCUT2D eigenvalue weighted by Crippen LogP contribution is 2.43. The molecule has 216 valence electrons. The fraction of sp³-hybridized carbons (Fsp3) is 0.200. The molecule has 0 amide bonds. The van der Waals surface area contributed by atoms with Crippen LogP contribution in [0.3, 0.4) is 0 Å². The van der Waals surface area contributed by atoms with E-state index in [1.54, 1.807) is 0 Å². The van der Waals surface area contributed by atoms with Crippen molar-refractivity contribution >= 4 is 33.0 Å². The van der Waals surface area contributed by atoms with E-state index in [0.29, 0.717) is 11.1 Å². The van der Waals surface area contributed by atoms with Gasteiger partial charge in [0.25, 0.3) is 5.82 Å². The number of nitriles is 1. The Hall–Kier alpha value is -5.14. The van der Waals surface area contributed by atoms with Gasteiger partial charge in [-0.25, -0.2) is 4.57 Å². The number of imidazole rings is 1. The zero-order valence-electron chi connectivity index (χ0n) is 26.1. The van der Waals surface area contributed by atoms with Gasteiger partial charge in [-0.1, -0.05) is 94.4 Å². The van der Waals surface area contributed by atoms with Crippen LogP contribution in [0, 0.1) is 18.3 Å². The first-order valence-electron chi connectivity index (χ1n) is 15.4. The molecule has 0 saturated carbocycles. The van der Waals surface area contributed by atoms with Crippen molar-refractivity contribution in [1.29, 1.82) is 5.26 Å². The molecule has 0 fully saturated rings. The number of nitrogens with zero attached hydrogens (tertiary/aromatic N) is 3. The first-order chi connectivity index (χ1) is 21.3. The van der Waals surface area contributed by atoms with Gasteiger partial charge in [0.15, 0.2) is 22.2 Å². The number of hydrogen-bond donors (Lipinski definition) is 0. The summed E-state index contributed by atoms with van der Waals surface area (Å²) in [6.07, 6.45) is 0. The topological polar surface area (TPSA) is 45.7 Å². The third-order valence-corrected chi connectivity index (χ3v) is 8.98. The lowest BCUT2D eigenvalue weighted by atomic mass is 9.88. The molecular formula is C40H36N3O+. The Morgan fingerprint density at radius 3 is 2.07 bits per heavy atom. The maximum absolute atomic E-state index is 9.89. The predicted molar refractivity (Wildman–Crippen MR) is 180 cm³/mol. The van der Waals surface area contributed by atoms with Crippen molar-refractivity contribution < 1.29 is 8.98 Å². The molecule has 2 aromatic heterocycles. The summed E-state index contributed by atoms with van der Waals surface area (Å²) in [5.41, 5.74) is 12.7. The Bertz CT molecular complexity index is 2230. The number of fused-ring (bicyclic) bond motifs is 4. The lowest BCUT2D eigenvalue weighted by Crippen LogP contribution is -2.30. The van der Waals surface area contributed by atoms with Crippen LogP contribution in [0.2, 0.25) is 0 Å². The summed E-state index contributed by atoms with van der Waals surface area (Å²) >= 11 is 0. The molecule has 7 aromatic rings. The molecule has 44 heavy (non-hydrogen) atoms. The van der Waals surface area contributed by atoms with E-state index in [1.807, 2.05) is 18.2 Å². The number of furan rings is 1. The summed E-state index contributed by atoms with van der Waals surface area (Å²) in [7, 11) is 2.15. The highest BCUT2D eigenvalue weighted by Gasteiger charge is 2.34. The number of benzene rings is 5. The standard InChI is InChI=1S/C40H36N3O/c1-24(2)32-21-29(27-13-8-7-9-14-27)22-33(25(3)4)37(32)43-35-18-11-10-17-34(35)42(6)40(43)36-26(5)19-20-31-30-16-12-15-28(23-41)38(30)44-39(31)36/h7-22,24-25H,1-6H3/q+1. The first kappa shape index (κ1) is 27.7. The van der Waals surface area contributed by atoms with E-state index in [-0.39, 0.29) is 11.8 Å². The molecule has 4 heteroatoms. The Kier molecular flexibility index (Phi) is 6.63. The normalized spacial score (nSPS) is 11.8. The van der Waals surface area contributed by atoms with Crippen molar-refractivity contribution in [2.24, 2.45) is 7.05 Å². The van der Waals surface area contributed by atoms with Gasteiger partial charge in [0.05, 0.1) is 12.6 Å². The second-order valence-corrected chi connectivity index (χ2v) is 12.4. The summed E-state index contributed by atoms with van der Waals surface area (Å²) in [6.45, 7) is 11.3. The van der Waals surface area contributed by atoms with Gasteiger partial charge in [-0.3, -0.25) is 0 Å². The second kappa shape index (κ2) is 10.5. The SMILES string of the molecule is Cc1ccc2c(oc3c(C#N)cccc32)c1-c1n(-c2c(C(C)C)cc(-c3ccccc3)cc2C(C)C)c2ccccc2[n+]1C. The number of aromatic nitrogens is 2. The Morgan fingerprint density at radius 2 is 1.39 bits per heavy atom. The fourth-order valence-corrected chi connectivity index (χ4v) is 6.76. The molecule has 0 spiro atoms. The largest absolute Gasteiger partial charge is 0.454 e. The molecule has 4 nitrogen and oxygen atoms in total. The van der Waals surface area contributed by atoms with Crippen molar-refractivity contribution in [3.05, 3.63) is 119 Å². The van der Waals surface area contributed by atoms with E-state index in [0.717, 1.165) is 44.3 Å². The summed E-state index contributed by atoms with van der Waals surface area (Å²) in [5.74, 6) is 1.63. The van der Waals surface area contributed by atoms with Crippen LogP contribution in [0.5, 0.6) is 0 Å². The maximum Gasteiger partial charge on any atom is 0.299 e. The predicted octanol–water partition coefficient (Wildman–Crippen LogP) is 10.1. The smallest absolute Gasteiger partial charge is 0.299 e. The quantitative estimate of drug-likeness (QED) is 0.192. The van der Waals surface area contributed by atoms with E-state index in [4.69, 9.17) is 4.42 Å². The van der Waals surface area contributed by atoms with Crippen LogP contribution in [-0.4, -0.2) is 4.57 Å². The molecule has 0 aliphatic rings. The molecular weight excluding hydrogens is 538 g/mol. The minimum atomic E-state index is 0.284. The average molecular weight is 575 g/mol. The van der Waals surface area contributed by atoms with Gasteiger partial charge in [0.1, 0.15) is 17.3 Å². The highest BCUT2D eigenvalue weighted by atomic mass is 16.3. The minimum Gasteiger partial charge on any atom is -0.454 e. The minimum absolute atomic E-state index is 0.284. The molecule has 0 N–H and O–H groups in total. The molecule has 5 aromatic carbocycles. The lowest BCUT2D eigenvalue weighted by Gasteiger charge is -2.21. The summed E-state index contributed by atoms with van der Waals surface area (Å²) < 4.78 is 11.4. The van der Waals surface area contributed by atoms with Crippen LogP contribution in [0.25, 0.3) is 61.2 Å². The summed E-state index contributed by atoms with van der Waals surface area (Å²) in [4.78, 5) is 0. The van der Waals surface area contributed by atoms with E-state index < -0.39 is 0 Å². The van der Waals surface area contributed by atoms with Crippen LogP contribution in [0.1, 0.15) is 61.8 Å². The molecule has 0 unspecified atom stereocenters. The third kappa shape index (κ3) is 4.15. The van der Waals surface area contributed by atoms with E-state index in [1.165, 1.54) is 27.9 Å². The van der Waals surface area contributed by atoms with Crippen molar-refractivity contribution in [3.8, 4) is 34.3 Å². The summed E-state index contributed by atoms with van der Waals surface area (Å²) in [6, 6.07) is 36.5. The van der Waals surface area contributed by atoms with Gasteiger partial charge in [0.2, 0.25) is 0 Å². The van der Waals surface area contributed by atoms with Crippen molar-refractivity contribution in [1.82, 2.24) is 4.57 Å². The maximum atomic E-state index is 9.89. The Balaban J connectivity index is 1.66. The molecule has 0 atom stereocenters. The number of para-hydroxylation sites is 3. The lowest BCUT2D eigenvalue weighted by molar-refractivity contribution is -0.633. The number of aryl methyl sites for hydroxylation is 2. The first-order valence-corrected chi connectivity index (χ1v) is 15.4. The van der Waals surface area contributed by atoms with Crippen LogP contribution in [0.4, 0.5) is 0 Å². The van der Waals surface area contributed by atoms with Gasteiger partial charge in [-0.15, -0.1) is 0 Å². The van der Waals surface area contributed by atoms with Crippen LogP contribution in [0.15, 0.2) is 101 Å². The Labute approximate surface area is 258 Å². The van der Waals surface area contributed by atoms with Crippen molar-refractivity contribution in [2.45, 2.75) is 46.5 Å². The second-order valence-electron chi connectivity index (χ2n) is 12.4. The number of hydrogen-bond acceptors (Lipinski definition) is 2. The zero-order valence-corrected chi connectivity index (χ0v) is 26.1. The van der Waals surface area contributed by atoms with E-state index in [2.05, 4.69) is 136 Å². The van der Waals surface area contributed by atoms with E-state index >= 15 is 0 Å². The monoisotopic (exact) mass is 574 g/mol. The van der Waals surface area contributed by atoms with E-state index in [9.17, 15) is 5.26 Å². The fourth-order valence-electron chi connectivity index (χ4n) is 6.76. The van der Waals surface area contributed by atoms with Crippen molar-refractivity contribution in [3.63, 3.8) is 0 Å². The summed E-state index contributed by atoms with van der Waals surface area (Å²) in [5, 5.41) is 11.9.